The first-order valence-electron chi connectivity index (χ1n) is 8.54. The highest BCUT2D eigenvalue weighted by Gasteiger charge is 2.07. The van der Waals surface area contributed by atoms with E-state index in [0.29, 0.717) is 12.2 Å². The van der Waals surface area contributed by atoms with Crippen LogP contribution in [0, 0.1) is 0 Å². The zero-order chi connectivity index (χ0) is 18.2. The summed E-state index contributed by atoms with van der Waals surface area (Å²) in [6, 6.07) is 21.8. The quantitative estimate of drug-likeness (QED) is 0.600. The second-order valence-corrected chi connectivity index (χ2v) is 5.91. The van der Waals surface area contributed by atoms with Gasteiger partial charge >= 0.3 is 5.97 Å². The lowest BCUT2D eigenvalue weighted by Crippen LogP contribution is -2.03. The number of hydrogen-bond acceptors (Lipinski definition) is 4. The van der Waals surface area contributed by atoms with Gasteiger partial charge in [0.2, 0.25) is 0 Å². The zero-order valence-corrected chi connectivity index (χ0v) is 14.7. The van der Waals surface area contributed by atoms with Crippen molar-refractivity contribution in [2.75, 3.05) is 7.11 Å². The molecular weight excluding hydrogens is 326 g/mol. The van der Waals surface area contributed by atoms with Gasteiger partial charge < -0.3 is 9.47 Å². The molecule has 0 atom stereocenters. The average Bonchev–Trinajstić information content (AvgIpc) is 2.72. The number of hydrogen-bond donors (Lipinski definition) is 0. The molecule has 0 saturated carbocycles. The lowest BCUT2D eigenvalue weighted by Gasteiger charge is -2.11. The average molecular weight is 347 g/mol. The fraction of sp³-hybridized carbons (Fsp3) is 0.182. The highest BCUT2D eigenvalue weighted by Crippen LogP contribution is 2.21. The maximum atomic E-state index is 11.5. The van der Waals surface area contributed by atoms with E-state index in [9.17, 15) is 4.79 Å². The first-order valence-corrected chi connectivity index (χ1v) is 8.54. The molecule has 3 aromatic rings. The van der Waals surface area contributed by atoms with Gasteiger partial charge in [-0.05, 0) is 42.2 Å². The first-order chi connectivity index (χ1) is 12.8. The molecule has 4 heteroatoms. The molecule has 0 radical (unpaired) electrons. The Balaban J connectivity index is 1.62. The van der Waals surface area contributed by atoms with Gasteiger partial charge in [-0.1, -0.05) is 48.5 Å². The molecule has 3 rings (SSSR count). The van der Waals surface area contributed by atoms with Gasteiger partial charge in [0.25, 0.3) is 0 Å². The van der Waals surface area contributed by atoms with Gasteiger partial charge in [0, 0.05) is 11.9 Å². The summed E-state index contributed by atoms with van der Waals surface area (Å²) in [6.07, 6.45) is 3.14. The summed E-state index contributed by atoms with van der Waals surface area (Å²) in [6.45, 7) is 0.546. The molecule has 0 spiro atoms. The Morgan fingerprint density at radius 1 is 0.923 bits per heavy atom. The fourth-order valence-electron chi connectivity index (χ4n) is 2.66. The summed E-state index contributed by atoms with van der Waals surface area (Å²) in [5, 5.41) is 0. The Bertz CT molecular complexity index is 845. The predicted octanol–water partition coefficient (Wildman–Crippen LogP) is 4.23. The Morgan fingerprint density at radius 2 is 1.69 bits per heavy atom. The van der Waals surface area contributed by atoms with Crippen molar-refractivity contribution < 1.29 is 14.3 Å². The van der Waals surface area contributed by atoms with E-state index in [2.05, 4.69) is 27.9 Å². The van der Waals surface area contributed by atoms with Crippen LogP contribution >= 0.6 is 0 Å². The lowest BCUT2D eigenvalue weighted by atomic mass is 10.1. The molecule has 0 saturated heterocycles. The van der Waals surface area contributed by atoms with Crippen LogP contribution in [-0.4, -0.2) is 18.1 Å². The van der Waals surface area contributed by atoms with Gasteiger partial charge in [0.05, 0.1) is 12.7 Å². The normalized spacial score (nSPS) is 10.3. The SMILES string of the molecule is COC(=O)c1ccc(CCc2ccccc2OCc2ccccc2)nc1. The number of methoxy groups -OCH3 is 1. The molecule has 0 amide bonds. The summed E-state index contributed by atoms with van der Waals surface area (Å²) >= 11 is 0. The van der Waals surface area contributed by atoms with Crippen molar-refractivity contribution in [3.8, 4) is 5.75 Å². The topological polar surface area (TPSA) is 48.4 Å². The summed E-state index contributed by atoms with van der Waals surface area (Å²) in [5.74, 6) is 0.520. The highest BCUT2D eigenvalue weighted by molar-refractivity contribution is 5.88. The van der Waals surface area contributed by atoms with Crippen molar-refractivity contribution in [3.05, 3.63) is 95.3 Å². The van der Waals surface area contributed by atoms with Gasteiger partial charge in [-0.25, -0.2) is 4.79 Å². The molecule has 4 nitrogen and oxygen atoms in total. The number of esters is 1. The number of carbonyl (C=O) groups excluding carboxylic acids is 1. The fourth-order valence-corrected chi connectivity index (χ4v) is 2.66. The number of nitrogens with zero attached hydrogens (tertiary/aromatic N) is 1. The second kappa shape index (κ2) is 8.81. The van der Waals surface area contributed by atoms with E-state index in [0.717, 1.165) is 35.4 Å². The van der Waals surface area contributed by atoms with E-state index in [1.54, 1.807) is 12.3 Å². The molecule has 1 aromatic heterocycles. The number of pyridine rings is 1. The van der Waals surface area contributed by atoms with Crippen LogP contribution in [0.1, 0.15) is 27.2 Å². The van der Waals surface area contributed by atoms with Crippen LogP contribution in [-0.2, 0) is 24.2 Å². The van der Waals surface area contributed by atoms with Crippen LogP contribution in [0.15, 0.2) is 72.9 Å². The highest BCUT2D eigenvalue weighted by atomic mass is 16.5. The number of para-hydroxylation sites is 1. The van der Waals surface area contributed by atoms with E-state index in [4.69, 9.17) is 4.74 Å². The minimum Gasteiger partial charge on any atom is -0.489 e. The summed E-state index contributed by atoms with van der Waals surface area (Å²) in [4.78, 5) is 15.8. The Morgan fingerprint density at radius 3 is 2.42 bits per heavy atom. The molecule has 0 aliphatic rings. The van der Waals surface area contributed by atoms with E-state index < -0.39 is 0 Å². The van der Waals surface area contributed by atoms with E-state index >= 15 is 0 Å². The van der Waals surface area contributed by atoms with Gasteiger partial charge in [0.15, 0.2) is 0 Å². The molecule has 0 unspecified atom stereocenters. The molecule has 1 heterocycles. The smallest absolute Gasteiger partial charge is 0.339 e. The van der Waals surface area contributed by atoms with Crippen molar-refractivity contribution in [1.82, 2.24) is 4.98 Å². The molecule has 0 aliphatic heterocycles. The third-order valence-corrected chi connectivity index (χ3v) is 4.11. The van der Waals surface area contributed by atoms with Crippen LogP contribution in [0.5, 0.6) is 5.75 Å². The van der Waals surface area contributed by atoms with Crippen molar-refractivity contribution in [2.24, 2.45) is 0 Å². The Kier molecular flexibility index (Phi) is 5.99. The molecule has 0 aliphatic carbocycles. The van der Waals surface area contributed by atoms with Crippen LogP contribution in [0.2, 0.25) is 0 Å². The standard InChI is InChI=1S/C22H21NO3/c1-25-22(24)19-12-14-20(23-15-19)13-11-18-9-5-6-10-21(18)26-16-17-7-3-2-4-8-17/h2-10,12,14-15H,11,13,16H2,1H3. The van der Waals surface area contributed by atoms with Crippen molar-refractivity contribution >= 4 is 5.97 Å². The van der Waals surface area contributed by atoms with Gasteiger partial charge in [-0.2, -0.15) is 0 Å². The number of rotatable bonds is 7. The van der Waals surface area contributed by atoms with Gasteiger partial charge in [0.1, 0.15) is 12.4 Å². The molecule has 26 heavy (non-hydrogen) atoms. The number of aryl methyl sites for hydroxylation is 2. The Hall–Kier alpha value is -3.14. The third kappa shape index (κ3) is 4.70. The van der Waals surface area contributed by atoms with Gasteiger partial charge in [-0.15, -0.1) is 0 Å². The van der Waals surface area contributed by atoms with Crippen molar-refractivity contribution in [3.63, 3.8) is 0 Å². The molecule has 0 fully saturated rings. The minimum atomic E-state index is -0.372. The summed E-state index contributed by atoms with van der Waals surface area (Å²) in [5.41, 5.74) is 3.67. The summed E-state index contributed by atoms with van der Waals surface area (Å²) < 4.78 is 10.7. The van der Waals surface area contributed by atoms with Crippen LogP contribution < -0.4 is 4.74 Å². The zero-order valence-electron chi connectivity index (χ0n) is 14.7. The second-order valence-electron chi connectivity index (χ2n) is 5.91. The van der Waals surface area contributed by atoms with Gasteiger partial charge in [-0.3, -0.25) is 4.98 Å². The number of ether oxygens (including phenoxy) is 2. The van der Waals surface area contributed by atoms with Crippen molar-refractivity contribution in [1.29, 1.82) is 0 Å². The predicted molar refractivity (Wildman–Crippen MR) is 100 cm³/mol. The largest absolute Gasteiger partial charge is 0.489 e. The Labute approximate surface area is 153 Å². The molecule has 0 N–H and O–H groups in total. The monoisotopic (exact) mass is 347 g/mol. The molecular formula is C22H21NO3. The third-order valence-electron chi connectivity index (χ3n) is 4.11. The molecule has 2 aromatic carbocycles. The first kappa shape index (κ1) is 17.7. The number of aromatic nitrogens is 1. The van der Waals surface area contributed by atoms with E-state index in [1.807, 2.05) is 42.5 Å². The van der Waals surface area contributed by atoms with Crippen LogP contribution in [0.4, 0.5) is 0 Å². The maximum Gasteiger partial charge on any atom is 0.339 e. The maximum absolute atomic E-state index is 11.5. The minimum absolute atomic E-state index is 0.372. The van der Waals surface area contributed by atoms with Crippen molar-refractivity contribution in [2.45, 2.75) is 19.4 Å². The number of benzene rings is 2. The molecule has 0 bridgehead atoms. The van der Waals surface area contributed by atoms with Crippen LogP contribution in [0.3, 0.4) is 0 Å². The summed E-state index contributed by atoms with van der Waals surface area (Å²) in [7, 11) is 1.36. The van der Waals surface area contributed by atoms with E-state index in [-0.39, 0.29) is 5.97 Å². The van der Waals surface area contributed by atoms with E-state index in [1.165, 1.54) is 7.11 Å². The lowest BCUT2D eigenvalue weighted by molar-refractivity contribution is 0.0600. The molecule has 132 valence electrons. The van der Waals surface area contributed by atoms with Crippen LogP contribution in [0.25, 0.3) is 0 Å². The number of carbonyl (C=O) groups is 1.